The van der Waals surface area contributed by atoms with Crippen LogP contribution in [0.3, 0.4) is 0 Å². The smallest absolute Gasteiger partial charge is 0.307 e. The van der Waals surface area contributed by atoms with E-state index in [1.54, 1.807) is 19.1 Å². The van der Waals surface area contributed by atoms with E-state index >= 15 is 0 Å². The molecule has 0 bridgehead atoms. The molecule has 1 atom stereocenters. The SMILES string of the molecule is CCCNC(CC(=O)OCC)c1cccc(C(F)F)c1. The molecule has 0 amide bonds. The molecule has 1 N–H and O–H groups in total. The third-order valence-corrected chi connectivity index (χ3v) is 2.88. The summed E-state index contributed by atoms with van der Waals surface area (Å²) in [6.07, 6.45) is -1.47. The minimum atomic E-state index is -2.51. The van der Waals surface area contributed by atoms with Crippen LogP contribution in [0.4, 0.5) is 8.78 Å². The fourth-order valence-electron chi connectivity index (χ4n) is 1.92. The maximum absolute atomic E-state index is 12.7. The normalized spacial score (nSPS) is 12.4. The number of rotatable bonds is 8. The highest BCUT2D eigenvalue weighted by Gasteiger charge is 2.18. The Kier molecular flexibility index (Phi) is 7.15. The summed E-state index contributed by atoms with van der Waals surface area (Å²) in [5.41, 5.74) is 0.652. The molecule has 0 heterocycles. The van der Waals surface area contributed by atoms with E-state index in [2.05, 4.69) is 5.32 Å². The highest BCUT2D eigenvalue weighted by atomic mass is 19.3. The molecule has 0 spiro atoms. The predicted molar refractivity (Wildman–Crippen MR) is 73.7 cm³/mol. The van der Waals surface area contributed by atoms with Crippen molar-refractivity contribution in [1.29, 1.82) is 0 Å². The van der Waals surface area contributed by atoms with E-state index in [4.69, 9.17) is 4.74 Å². The van der Waals surface area contributed by atoms with Crippen LogP contribution in [0.25, 0.3) is 0 Å². The molecule has 0 aliphatic carbocycles. The van der Waals surface area contributed by atoms with Gasteiger partial charge in [-0.2, -0.15) is 0 Å². The van der Waals surface area contributed by atoms with Gasteiger partial charge in [-0.1, -0.05) is 25.1 Å². The van der Waals surface area contributed by atoms with E-state index in [1.807, 2.05) is 6.92 Å². The van der Waals surface area contributed by atoms with Gasteiger partial charge in [-0.05, 0) is 31.5 Å². The first-order chi connectivity index (χ1) is 9.58. The Morgan fingerprint density at radius 2 is 2.00 bits per heavy atom. The molecular weight excluding hydrogens is 264 g/mol. The summed E-state index contributed by atoms with van der Waals surface area (Å²) in [6, 6.07) is 5.86. The lowest BCUT2D eigenvalue weighted by atomic mass is 10.0. The van der Waals surface area contributed by atoms with Crippen molar-refractivity contribution in [3.8, 4) is 0 Å². The van der Waals surface area contributed by atoms with E-state index < -0.39 is 6.43 Å². The van der Waals surface area contributed by atoms with Gasteiger partial charge in [0.2, 0.25) is 0 Å². The van der Waals surface area contributed by atoms with Gasteiger partial charge in [-0.15, -0.1) is 0 Å². The molecule has 1 aromatic rings. The quantitative estimate of drug-likeness (QED) is 0.741. The highest BCUT2D eigenvalue weighted by Crippen LogP contribution is 2.24. The summed E-state index contributed by atoms with van der Waals surface area (Å²) >= 11 is 0. The van der Waals surface area contributed by atoms with Gasteiger partial charge in [-0.3, -0.25) is 4.79 Å². The molecular formula is C15H21F2NO2. The van der Waals surface area contributed by atoms with Gasteiger partial charge in [0.15, 0.2) is 0 Å². The van der Waals surface area contributed by atoms with Crippen molar-refractivity contribution in [2.45, 2.75) is 39.2 Å². The summed E-state index contributed by atoms with van der Waals surface area (Å²) < 4.78 is 30.4. The van der Waals surface area contributed by atoms with Crippen LogP contribution in [0.2, 0.25) is 0 Å². The number of benzene rings is 1. The first-order valence-electron chi connectivity index (χ1n) is 6.85. The van der Waals surface area contributed by atoms with Gasteiger partial charge in [0.05, 0.1) is 13.0 Å². The fraction of sp³-hybridized carbons (Fsp3) is 0.533. The molecule has 5 heteroatoms. The Morgan fingerprint density at radius 1 is 1.30 bits per heavy atom. The van der Waals surface area contributed by atoms with Gasteiger partial charge in [0.1, 0.15) is 0 Å². The van der Waals surface area contributed by atoms with E-state index in [-0.39, 0.29) is 24.0 Å². The minimum absolute atomic E-state index is 0.0327. The van der Waals surface area contributed by atoms with Crippen molar-refractivity contribution in [3.63, 3.8) is 0 Å². The minimum Gasteiger partial charge on any atom is -0.466 e. The van der Waals surface area contributed by atoms with E-state index in [1.165, 1.54) is 12.1 Å². The molecule has 0 saturated heterocycles. The molecule has 0 aliphatic heterocycles. The molecule has 0 aliphatic rings. The zero-order valence-corrected chi connectivity index (χ0v) is 11.9. The largest absolute Gasteiger partial charge is 0.466 e. The van der Waals surface area contributed by atoms with Crippen molar-refractivity contribution in [2.75, 3.05) is 13.2 Å². The van der Waals surface area contributed by atoms with Gasteiger partial charge in [-0.25, -0.2) is 8.78 Å². The fourth-order valence-corrected chi connectivity index (χ4v) is 1.92. The standard InChI is InChI=1S/C15H21F2NO2/c1-3-8-18-13(10-14(19)20-4-2)11-6-5-7-12(9-11)15(16)17/h5-7,9,13,15,18H,3-4,8,10H2,1-2H3. The molecule has 0 radical (unpaired) electrons. The topological polar surface area (TPSA) is 38.3 Å². The van der Waals surface area contributed by atoms with Crippen LogP contribution in [0.15, 0.2) is 24.3 Å². The van der Waals surface area contributed by atoms with Crippen LogP contribution in [0.1, 0.15) is 50.3 Å². The molecule has 0 aromatic heterocycles. The number of hydrogen-bond acceptors (Lipinski definition) is 3. The van der Waals surface area contributed by atoms with Crippen molar-refractivity contribution in [2.24, 2.45) is 0 Å². The lowest BCUT2D eigenvalue weighted by Gasteiger charge is -2.19. The summed E-state index contributed by atoms with van der Waals surface area (Å²) in [5.74, 6) is -0.330. The molecule has 0 saturated carbocycles. The van der Waals surface area contributed by atoms with Gasteiger partial charge >= 0.3 is 5.97 Å². The van der Waals surface area contributed by atoms with E-state index in [0.29, 0.717) is 18.7 Å². The number of carbonyl (C=O) groups excluding carboxylic acids is 1. The monoisotopic (exact) mass is 285 g/mol. The van der Waals surface area contributed by atoms with Crippen molar-refractivity contribution in [3.05, 3.63) is 35.4 Å². The van der Waals surface area contributed by atoms with E-state index in [9.17, 15) is 13.6 Å². The third-order valence-electron chi connectivity index (χ3n) is 2.88. The maximum Gasteiger partial charge on any atom is 0.307 e. The lowest BCUT2D eigenvalue weighted by molar-refractivity contribution is -0.143. The number of nitrogens with one attached hydrogen (secondary N) is 1. The third kappa shape index (κ3) is 5.25. The molecule has 1 rings (SSSR count). The number of ether oxygens (including phenoxy) is 1. The Bertz CT molecular complexity index is 424. The lowest BCUT2D eigenvalue weighted by Crippen LogP contribution is -2.25. The second-order valence-electron chi connectivity index (χ2n) is 4.49. The number of esters is 1. The Morgan fingerprint density at radius 3 is 2.60 bits per heavy atom. The number of carbonyl (C=O) groups is 1. The van der Waals surface area contributed by atoms with Crippen molar-refractivity contribution < 1.29 is 18.3 Å². The molecule has 1 aromatic carbocycles. The Balaban J connectivity index is 2.85. The predicted octanol–water partition coefficient (Wildman–Crippen LogP) is 3.62. The first-order valence-corrected chi connectivity index (χ1v) is 6.85. The zero-order valence-electron chi connectivity index (χ0n) is 11.9. The Labute approximate surface area is 118 Å². The van der Waals surface area contributed by atoms with Crippen LogP contribution in [-0.4, -0.2) is 19.1 Å². The zero-order chi connectivity index (χ0) is 15.0. The van der Waals surface area contributed by atoms with Gasteiger partial charge < -0.3 is 10.1 Å². The second-order valence-corrected chi connectivity index (χ2v) is 4.49. The average Bonchev–Trinajstić information content (AvgIpc) is 2.43. The molecule has 112 valence electrons. The summed E-state index contributed by atoms with van der Waals surface area (Å²) in [6.45, 7) is 4.77. The highest BCUT2D eigenvalue weighted by molar-refractivity contribution is 5.70. The Hall–Kier alpha value is -1.49. The molecule has 0 fully saturated rings. The summed E-state index contributed by atoms with van der Waals surface area (Å²) in [4.78, 5) is 11.6. The van der Waals surface area contributed by atoms with Crippen LogP contribution in [-0.2, 0) is 9.53 Å². The van der Waals surface area contributed by atoms with Gasteiger partial charge in [0, 0.05) is 11.6 Å². The summed E-state index contributed by atoms with van der Waals surface area (Å²) in [7, 11) is 0. The van der Waals surface area contributed by atoms with Crippen LogP contribution >= 0.6 is 0 Å². The molecule has 20 heavy (non-hydrogen) atoms. The second kappa shape index (κ2) is 8.64. The number of halogens is 2. The number of hydrogen-bond donors (Lipinski definition) is 1. The first kappa shape index (κ1) is 16.6. The number of alkyl halides is 2. The summed E-state index contributed by atoms with van der Waals surface area (Å²) in [5, 5.41) is 3.20. The van der Waals surface area contributed by atoms with Crippen LogP contribution in [0.5, 0.6) is 0 Å². The maximum atomic E-state index is 12.7. The van der Waals surface area contributed by atoms with Gasteiger partial charge in [0.25, 0.3) is 6.43 Å². The van der Waals surface area contributed by atoms with Crippen LogP contribution < -0.4 is 5.32 Å². The van der Waals surface area contributed by atoms with Crippen LogP contribution in [0, 0.1) is 0 Å². The average molecular weight is 285 g/mol. The molecule has 3 nitrogen and oxygen atoms in total. The van der Waals surface area contributed by atoms with Crippen molar-refractivity contribution >= 4 is 5.97 Å². The van der Waals surface area contributed by atoms with Crippen molar-refractivity contribution in [1.82, 2.24) is 5.32 Å². The van der Waals surface area contributed by atoms with E-state index in [0.717, 1.165) is 6.42 Å². The molecule has 1 unspecified atom stereocenters.